The zero-order valence-electron chi connectivity index (χ0n) is 9.57. The molecule has 16 heavy (non-hydrogen) atoms. The number of carbonyl (C=O) groups excluding carboxylic acids is 1. The first kappa shape index (κ1) is 12.0. The number of hydrogen-bond acceptors (Lipinski definition) is 3. The van der Waals surface area contributed by atoms with Crippen molar-refractivity contribution in [1.29, 1.82) is 5.26 Å². The fraction of sp³-hybridized carbons (Fsp3) is 0.231. The van der Waals surface area contributed by atoms with Crippen LogP contribution in [0.25, 0.3) is 6.08 Å². The van der Waals surface area contributed by atoms with Crippen LogP contribution in [0.1, 0.15) is 22.3 Å². The van der Waals surface area contributed by atoms with E-state index in [1.807, 2.05) is 13.8 Å². The minimum absolute atomic E-state index is 0.386. The molecule has 0 aliphatic rings. The van der Waals surface area contributed by atoms with Crippen molar-refractivity contribution in [2.45, 2.75) is 13.8 Å². The molecular weight excluding hydrogens is 202 g/mol. The maximum Gasteiger partial charge on any atom is 0.330 e. The molecule has 0 aliphatic carbocycles. The molecule has 1 aromatic rings. The maximum absolute atomic E-state index is 11.0. The predicted octanol–water partition coefficient (Wildman–Crippen LogP) is 2.36. The van der Waals surface area contributed by atoms with Gasteiger partial charge in [-0.3, -0.25) is 0 Å². The third-order valence-corrected chi connectivity index (χ3v) is 2.31. The van der Waals surface area contributed by atoms with Gasteiger partial charge in [0.15, 0.2) is 0 Å². The summed E-state index contributed by atoms with van der Waals surface area (Å²) >= 11 is 0. The molecule has 0 spiro atoms. The Balaban J connectivity index is 3.12. The second-order valence-electron chi connectivity index (χ2n) is 3.49. The summed E-state index contributed by atoms with van der Waals surface area (Å²) in [5.41, 5.74) is 3.52. The quantitative estimate of drug-likeness (QED) is 0.562. The standard InChI is InChI=1S/C13H13NO2/c1-9-6-11(8-14)7-10(2)12(9)4-5-13(15)16-3/h4-7H,1-3H3. The molecule has 0 aromatic heterocycles. The largest absolute Gasteiger partial charge is 0.466 e. The van der Waals surface area contributed by atoms with Crippen molar-refractivity contribution in [2.75, 3.05) is 7.11 Å². The van der Waals surface area contributed by atoms with Crippen LogP contribution in [0, 0.1) is 25.2 Å². The highest BCUT2D eigenvalue weighted by molar-refractivity contribution is 5.87. The van der Waals surface area contributed by atoms with Gasteiger partial charge in [-0.05, 0) is 48.7 Å². The van der Waals surface area contributed by atoms with E-state index in [2.05, 4.69) is 10.8 Å². The summed E-state index contributed by atoms with van der Waals surface area (Å²) in [7, 11) is 1.34. The smallest absolute Gasteiger partial charge is 0.330 e. The van der Waals surface area contributed by atoms with Crippen LogP contribution in [0.4, 0.5) is 0 Å². The molecule has 0 radical (unpaired) electrons. The number of carbonyl (C=O) groups is 1. The minimum atomic E-state index is -0.386. The topological polar surface area (TPSA) is 50.1 Å². The maximum atomic E-state index is 11.0. The molecule has 0 atom stereocenters. The van der Waals surface area contributed by atoms with Gasteiger partial charge in [-0.1, -0.05) is 0 Å². The van der Waals surface area contributed by atoms with Gasteiger partial charge in [0.2, 0.25) is 0 Å². The lowest BCUT2D eigenvalue weighted by molar-refractivity contribution is -0.134. The summed E-state index contributed by atoms with van der Waals surface area (Å²) in [6.07, 6.45) is 3.08. The van der Waals surface area contributed by atoms with Crippen LogP contribution < -0.4 is 0 Å². The number of rotatable bonds is 2. The lowest BCUT2D eigenvalue weighted by atomic mass is 9.99. The first-order valence-electron chi connectivity index (χ1n) is 4.86. The second-order valence-corrected chi connectivity index (χ2v) is 3.49. The molecule has 3 heteroatoms. The van der Waals surface area contributed by atoms with Crippen molar-refractivity contribution in [3.8, 4) is 6.07 Å². The first-order chi connectivity index (χ1) is 7.58. The number of ether oxygens (including phenoxy) is 1. The molecule has 0 amide bonds. The number of nitriles is 1. The van der Waals surface area contributed by atoms with E-state index in [-0.39, 0.29) is 5.97 Å². The monoisotopic (exact) mass is 215 g/mol. The van der Waals surface area contributed by atoms with E-state index in [0.717, 1.165) is 16.7 Å². The lowest BCUT2D eigenvalue weighted by Crippen LogP contribution is -1.95. The average Bonchev–Trinajstić information content (AvgIpc) is 2.27. The van der Waals surface area contributed by atoms with Crippen molar-refractivity contribution < 1.29 is 9.53 Å². The number of aryl methyl sites for hydroxylation is 2. The Hall–Kier alpha value is -2.08. The average molecular weight is 215 g/mol. The van der Waals surface area contributed by atoms with Gasteiger partial charge < -0.3 is 4.74 Å². The lowest BCUT2D eigenvalue weighted by Gasteiger charge is -2.05. The van der Waals surface area contributed by atoms with Gasteiger partial charge in [-0.25, -0.2) is 4.79 Å². The van der Waals surface area contributed by atoms with Crippen molar-refractivity contribution in [2.24, 2.45) is 0 Å². The van der Waals surface area contributed by atoms with Crippen molar-refractivity contribution in [1.82, 2.24) is 0 Å². The molecule has 1 rings (SSSR count). The molecule has 0 heterocycles. The van der Waals surface area contributed by atoms with Gasteiger partial charge in [0.25, 0.3) is 0 Å². The number of methoxy groups -OCH3 is 1. The summed E-state index contributed by atoms with van der Waals surface area (Å²) in [4.78, 5) is 11.0. The molecule has 3 nitrogen and oxygen atoms in total. The van der Waals surface area contributed by atoms with Gasteiger partial charge in [0, 0.05) is 6.08 Å². The summed E-state index contributed by atoms with van der Waals surface area (Å²) in [6, 6.07) is 5.69. The van der Waals surface area contributed by atoms with Crippen LogP contribution in [0.5, 0.6) is 0 Å². The van der Waals surface area contributed by atoms with E-state index in [1.165, 1.54) is 13.2 Å². The van der Waals surface area contributed by atoms with Crippen LogP contribution in [0.2, 0.25) is 0 Å². The van der Waals surface area contributed by atoms with E-state index < -0.39 is 0 Å². The van der Waals surface area contributed by atoms with Gasteiger partial charge in [0.05, 0.1) is 18.7 Å². The van der Waals surface area contributed by atoms with Crippen LogP contribution in [0.3, 0.4) is 0 Å². The highest BCUT2D eigenvalue weighted by atomic mass is 16.5. The molecule has 0 unspecified atom stereocenters. The third-order valence-electron chi connectivity index (χ3n) is 2.31. The van der Waals surface area contributed by atoms with E-state index in [9.17, 15) is 4.79 Å². The Morgan fingerprint density at radius 2 is 1.94 bits per heavy atom. The van der Waals surface area contributed by atoms with E-state index in [4.69, 9.17) is 5.26 Å². The van der Waals surface area contributed by atoms with Crippen molar-refractivity contribution >= 4 is 12.0 Å². The summed E-state index contributed by atoms with van der Waals surface area (Å²) in [6.45, 7) is 3.82. The van der Waals surface area contributed by atoms with Gasteiger partial charge in [-0.2, -0.15) is 5.26 Å². The first-order valence-corrected chi connectivity index (χ1v) is 4.86. The Bertz CT molecular complexity index is 458. The Morgan fingerprint density at radius 1 is 1.38 bits per heavy atom. The molecule has 0 saturated carbocycles. The Kier molecular flexibility index (Phi) is 3.84. The summed E-state index contributed by atoms with van der Waals surface area (Å²) in [5, 5.41) is 8.79. The second kappa shape index (κ2) is 5.13. The molecule has 0 N–H and O–H groups in total. The third kappa shape index (κ3) is 2.71. The highest BCUT2D eigenvalue weighted by Gasteiger charge is 2.02. The number of nitrogens with zero attached hydrogens (tertiary/aromatic N) is 1. The number of hydrogen-bond donors (Lipinski definition) is 0. The van der Waals surface area contributed by atoms with E-state index in [0.29, 0.717) is 5.56 Å². The zero-order chi connectivity index (χ0) is 12.1. The Labute approximate surface area is 95.0 Å². The van der Waals surface area contributed by atoms with Crippen LogP contribution in [-0.2, 0) is 9.53 Å². The highest BCUT2D eigenvalue weighted by Crippen LogP contribution is 2.17. The number of benzene rings is 1. The van der Waals surface area contributed by atoms with E-state index in [1.54, 1.807) is 18.2 Å². The minimum Gasteiger partial charge on any atom is -0.466 e. The predicted molar refractivity (Wildman–Crippen MR) is 61.7 cm³/mol. The summed E-state index contributed by atoms with van der Waals surface area (Å²) < 4.78 is 4.52. The molecule has 0 bridgehead atoms. The van der Waals surface area contributed by atoms with Crippen molar-refractivity contribution in [3.05, 3.63) is 40.5 Å². The van der Waals surface area contributed by atoms with Crippen molar-refractivity contribution in [3.63, 3.8) is 0 Å². The SMILES string of the molecule is COC(=O)C=Cc1c(C)cc(C#N)cc1C. The molecule has 0 aliphatic heterocycles. The van der Waals surface area contributed by atoms with Crippen LogP contribution in [0.15, 0.2) is 18.2 Å². The van der Waals surface area contributed by atoms with Crippen LogP contribution in [-0.4, -0.2) is 13.1 Å². The molecule has 82 valence electrons. The van der Waals surface area contributed by atoms with E-state index >= 15 is 0 Å². The Morgan fingerprint density at radius 3 is 2.38 bits per heavy atom. The molecular formula is C13H13NO2. The van der Waals surface area contributed by atoms with Gasteiger partial charge >= 0.3 is 5.97 Å². The molecule has 0 saturated heterocycles. The fourth-order valence-corrected chi connectivity index (χ4v) is 1.52. The van der Waals surface area contributed by atoms with Crippen LogP contribution >= 0.6 is 0 Å². The molecule has 1 aromatic carbocycles. The molecule has 0 fully saturated rings. The van der Waals surface area contributed by atoms with Gasteiger partial charge in [0.1, 0.15) is 0 Å². The fourth-order valence-electron chi connectivity index (χ4n) is 1.52. The normalized spacial score (nSPS) is 10.1. The summed E-state index contributed by atoms with van der Waals surface area (Å²) in [5.74, 6) is -0.386. The zero-order valence-corrected chi connectivity index (χ0v) is 9.57. The number of esters is 1. The van der Waals surface area contributed by atoms with Gasteiger partial charge in [-0.15, -0.1) is 0 Å².